The molecular formula is C23H21N5O5S2. The second-order valence-electron chi connectivity index (χ2n) is 7.01. The van der Waals surface area contributed by atoms with Gasteiger partial charge >= 0.3 is 0 Å². The summed E-state index contributed by atoms with van der Waals surface area (Å²) in [5, 5.41) is 4.97. The summed E-state index contributed by atoms with van der Waals surface area (Å²) in [6, 6.07) is 13.7. The van der Waals surface area contributed by atoms with Crippen LogP contribution in [0.2, 0.25) is 0 Å². The van der Waals surface area contributed by atoms with E-state index in [0.29, 0.717) is 11.6 Å². The van der Waals surface area contributed by atoms with Crippen molar-refractivity contribution in [3.8, 4) is 22.3 Å². The summed E-state index contributed by atoms with van der Waals surface area (Å²) in [6.07, 6.45) is 2.73. The van der Waals surface area contributed by atoms with Gasteiger partial charge in [-0.05, 0) is 19.1 Å². The highest BCUT2D eigenvalue weighted by Gasteiger charge is 2.23. The number of nitrogens with one attached hydrogen (secondary N) is 2. The van der Waals surface area contributed by atoms with Crippen molar-refractivity contribution in [1.29, 1.82) is 0 Å². The monoisotopic (exact) mass is 511 g/mol. The molecule has 4 aromatic rings. The van der Waals surface area contributed by atoms with Crippen molar-refractivity contribution in [3.05, 3.63) is 72.0 Å². The first-order chi connectivity index (χ1) is 16.9. The Balaban J connectivity index is 1.56. The molecule has 0 atom stereocenters. The molecule has 3 aromatic heterocycles. The Morgan fingerprint density at radius 3 is 2.63 bits per heavy atom. The van der Waals surface area contributed by atoms with Crippen molar-refractivity contribution in [1.82, 2.24) is 15.0 Å². The number of aromatic nitrogens is 3. The van der Waals surface area contributed by atoms with Gasteiger partial charge < -0.3 is 14.8 Å². The van der Waals surface area contributed by atoms with Crippen LogP contribution in [0.3, 0.4) is 0 Å². The van der Waals surface area contributed by atoms with E-state index in [1.165, 1.54) is 49.0 Å². The molecule has 0 fully saturated rings. The molecular weight excluding hydrogens is 490 g/mol. The average molecular weight is 512 g/mol. The molecule has 0 unspecified atom stereocenters. The van der Waals surface area contributed by atoms with Crippen molar-refractivity contribution in [2.75, 3.05) is 23.8 Å². The van der Waals surface area contributed by atoms with Crippen LogP contribution in [-0.2, 0) is 10.0 Å². The number of hydrogen-bond donors (Lipinski definition) is 2. The van der Waals surface area contributed by atoms with Crippen LogP contribution >= 0.6 is 11.3 Å². The van der Waals surface area contributed by atoms with Crippen LogP contribution in [0, 0.1) is 0 Å². The third-order valence-corrected chi connectivity index (χ3v) is 6.86. The van der Waals surface area contributed by atoms with Crippen LogP contribution in [-0.4, -0.2) is 43.0 Å². The van der Waals surface area contributed by atoms with Gasteiger partial charge in [-0.1, -0.05) is 30.3 Å². The molecule has 10 nitrogen and oxygen atoms in total. The summed E-state index contributed by atoms with van der Waals surface area (Å²) in [7, 11) is -2.82. The van der Waals surface area contributed by atoms with Gasteiger partial charge in [0, 0.05) is 23.2 Å². The van der Waals surface area contributed by atoms with E-state index >= 15 is 0 Å². The van der Waals surface area contributed by atoms with Crippen molar-refractivity contribution in [2.24, 2.45) is 0 Å². The summed E-state index contributed by atoms with van der Waals surface area (Å²) in [5.41, 5.74) is 1.50. The molecule has 35 heavy (non-hydrogen) atoms. The van der Waals surface area contributed by atoms with E-state index in [2.05, 4.69) is 25.0 Å². The molecule has 1 amide bonds. The quantitative estimate of drug-likeness (QED) is 0.344. The van der Waals surface area contributed by atoms with Gasteiger partial charge in [-0.3, -0.25) is 9.52 Å². The van der Waals surface area contributed by atoms with E-state index in [1.807, 2.05) is 30.3 Å². The third-order valence-electron chi connectivity index (χ3n) is 4.60. The molecule has 0 aliphatic carbocycles. The highest BCUT2D eigenvalue weighted by molar-refractivity contribution is 7.92. The molecule has 0 bridgehead atoms. The second kappa shape index (κ2) is 10.5. The average Bonchev–Trinajstić information content (AvgIpc) is 3.35. The fraction of sp³-hybridized carbons (Fsp3) is 0.130. The number of carbonyl (C=O) groups is 1. The van der Waals surface area contributed by atoms with E-state index in [-0.39, 0.29) is 33.7 Å². The number of ether oxygens (including phenoxy) is 2. The molecule has 180 valence electrons. The van der Waals surface area contributed by atoms with Gasteiger partial charge in [0.25, 0.3) is 15.9 Å². The summed E-state index contributed by atoms with van der Waals surface area (Å²) in [5.74, 6) is -0.353. The first-order valence-electron chi connectivity index (χ1n) is 10.4. The topological polar surface area (TPSA) is 132 Å². The molecule has 12 heteroatoms. The second-order valence-corrected chi connectivity index (χ2v) is 9.52. The Morgan fingerprint density at radius 2 is 1.89 bits per heavy atom. The Bertz CT molecular complexity index is 1440. The fourth-order valence-electron chi connectivity index (χ4n) is 3.04. The number of thiazole rings is 1. The molecule has 3 heterocycles. The number of pyridine rings is 2. The SMILES string of the molecule is CCOc1cc(NS(=O)(=O)c2cc(NC(=O)c3csc(-c4ccccc4)n3)cnc2OC)ccn1. The maximum absolute atomic E-state index is 13.1. The molecule has 2 N–H and O–H groups in total. The highest BCUT2D eigenvalue weighted by atomic mass is 32.2. The lowest BCUT2D eigenvalue weighted by molar-refractivity contribution is 0.102. The number of rotatable bonds is 9. The molecule has 0 radical (unpaired) electrons. The van der Waals surface area contributed by atoms with Crippen molar-refractivity contribution >= 4 is 38.6 Å². The Morgan fingerprint density at radius 1 is 1.09 bits per heavy atom. The van der Waals surface area contributed by atoms with Gasteiger partial charge in [-0.15, -0.1) is 11.3 Å². The van der Waals surface area contributed by atoms with Crippen molar-refractivity contribution in [3.63, 3.8) is 0 Å². The molecule has 0 saturated carbocycles. The van der Waals surface area contributed by atoms with E-state index in [0.717, 1.165) is 5.56 Å². The first kappa shape index (κ1) is 24.1. The maximum Gasteiger partial charge on any atom is 0.275 e. The third kappa shape index (κ3) is 5.73. The van der Waals surface area contributed by atoms with Crippen LogP contribution in [0.1, 0.15) is 17.4 Å². The lowest BCUT2D eigenvalue weighted by atomic mass is 10.2. The van der Waals surface area contributed by atoms with Gasteiger partial charge in [0.2, 0.25) is 11.8 Å². The molecule has 0 aliphatic heterocycles. The number of anilines is 2. The van der Waals surface area contributed by atoms with E-state index in [9.17, 15) is 13.2 Å². The lowest BCUT2D eigenvalue weighted by Crippen LogP contribution is -2.17. The molecule has 0 aliphatic rings. The minimum atomic E-state index is -4.13. The number of benzene rings is 1. The summed E-state index contributed by atoms with van der Waals surface area (Å²) in [4.78, 5) is 24.9. The molecule has 0 saturated heterocycles. The zero-order chi connectivity index (χ0) is 24.8. The number of amides is 1. The standard InChI is InChI=1S/C23H21N5O5S2/c1-3-33-20-12-16(9-10-24-20)28-35(30,31)19-11-17(13-25-22(19)32-2)26-21(29)18-14-34-23(27-18)15-7-5-4-6-8-15/h4-14H,3H2,1-2H3,(H,24,28)(H,26,29). The van der Waals surface area contributed by atoms with Crippen LogP contribution in [0.5, 0.6) is 11.8 Å². The first-order valence-corrected chi connectivity index (χ1v) is 12.7. The van der Waals surface area contributed by atoms with Crippen molar-refractivity contribution < 1.29 is 22.7 Å². The molecule has 0 spiro atoms. The van der Waals surface area contributed by atoms with Crippen LogP contribution < -0.4 is 19.5 Å². The zero-order valence-corrected chi connectivity index (χ0v) is 20.4. The molecule has 1 aromatic carbocycles. The fourth-order valence-corrected chi connectivity index (χ4v) is 5.04. The number of carbonyl (C=O) groups excluding carboxylic acids is 1. The number of sulfonamides is 1. The van der Waals surface area contributed by atoms with E-state index < -0.39 is 15.9 Å². The van der Waals surface area contributed by atoms with Gasteiger partial charge in [0.1, 0.15) is 10.7 Å². The van der Waals surface area contributed by atoms with Gasteiger partial charge in [-0.25, -0.2) is 23.4 Å². The zero-order valence-electron chi connectivity index (χ0n) is 18.8. The lowest BCUT2D eigenvalue weighted by Gasteiger charge is -2.13. The minimum absolute atomic E-state index is 0.130. The molecule has 4 rings (SSSR count). The predicted molar refractivity (Wildman–Crippen MR) is 133 cm³/mol. The Hall–Kier alpha value is -4.03. The predicted octanol–water partition coefficient (Wildman–Crippen LogP) is 4.06. The number of nitrogens with zero attached hydrogens (tertiary/aromatic N) is 3. The number of hydrogen-bond acceptors (Lipinski definition) is 9. The van der Waals surface area contributed by atoms with E-state index in [4.69, 9.17) is 9.47 Å². The minimum Gasteiger partial charge on any atom is -0.480 e. The summed E-state index contributed by atoms with van der Waals surface area (Å²) < 4.78 is 39.1. The van der Waals surface area contributed by atoms with Crippen LogP contribution in [0.4, 0.5) is 11.4 Å². The highest BCUT2D eigenvalue weighted by Crippen LogP contribution is 2.28. The largest absolute Gasteiger partial charge is 0.480 e. The maximum atomic E-state index is 13.1. The smallest absolute Gasteiger partial charge is 0.275 e. The van der Waals surface area contributed by atoms with E-state index in [1.54, 1.807) is 12.3 Å². The normalized spacial score (nSPS) is 11.0. The van der Waals surface area contributed by atoms with Crippen LogP contribution in [0.25, 0.3) is 10.6 Å². The summed E-state index contributed by atoms with van der Waals surface area (Å²) in [6.45, 7) is 2.18. The van der Waals surface area contributed by atoms with Gasteiger partial charge in [-0.2, -0.15) is 0 Å². The Kier molecular flexibility index (Phi) is 7.22. The van der Waals surface area contributed by atoms with Gasteiger partial charge in [0.15, 0.2) is 4.90 Å². The van der Waals surface area contributed by atoms with Crippen molar-refractivity contribution in [2.45, 2.75) is 11.8 Å². The Labute approximate surface area is 206 Å². The number of methoxy groups -OCH3 is 1. The van der Waals surface area contributed by atoms with Gasteiger partial charge in [0.05, 0.1) is 31.3 Å². The van der Waals surface area contributed by atoms with Crippen LogP contribution in [0.15, 0.2) is 71.2 Å². The summed E-state index contributed by atoms with van der Waals surface area (Å²) >= 11 is 1.33.